The summed E-state index contributed by atoms with van der Waals surface area (Å²) >= 11 is 0. The smallest absolute Gasteiger partial charge is 0.462 e. The first-order valence-corrected chi connectivity index (χ1v) is 44.5. The van der Waals surface area contributed by atoms with Gasteiger partial charge in [-0.2, -0.15) is 0 Å². The monoisotopic (exact) mass is 1450 g/mol. The highest BCUT2D eigenvalue weighted by molar-refractivity contribution is 7.47. The predicted molar refractivity (Wildman–Crippen MR) is 405 cm³/mol. The average Bonchev–Trinajstić information content (AvgIpc) is 1.07. The quantitative estimate of drug-likeness (QED) is 0.0222. The molecule has 0 aromatic rings. The van der Waals surface area contributed by atoms with Crippen molar-refractivity contribution in [1.29, 1.82) is 0 Å². The molecule has 0 aromatic heterocycles. The molecule has 0 heterocycles. The molecule has 99 heavy (non-hydrogen) atoms. The van der Waals surface area contributed by atoms with Gasteiger partial charge in [-0.05, 0) is 37.5 Å². The first-order chi connectivity index (χ1) is 47.9. The molecule has 0 saturated heterocycles. The molecule has 0 rings (SSSR count). The van der Waals surface area contributed by atoms with Gasteiger partial charge in [0.05, 0.1) is 26.4 Å². The van der Waals surface area contributed by atoms with Crippen LogP contribution < -0.4 is 0 Å². The van der Waals surface area contributed by atoms with Gasteiger partial charge in [-0.15, -0.1) is 0 Å². The highest BCUT2D eigenvalue weighted by Gasteiger charge is 2.30. The van der Waals surface area contributed by atoms with Crippen molar-refractivity contribution in [1.82, 2.24) is 0 Å². The zero-order valence-corrected chi connectivity index (χ0v) is 66.6. The van der Waals surface area contributed by atoms with Gasteiger partial charge in [0.1, 0.15) is 19.3 Å². The van der Waals surface area contributed by atoms with Crippen molar-refractivity contribution < 1.29 is 80.2 Å². The summed E-state index contributed by atoms with van der Waals surface area (Å²) in [6.45, 7) is 9.67. The summed E-state index contributed by atoms with van der Waals surface area (Å²) in [6.07, 6.45) is 61.0. The van der Waals surface area contributed by atoms with E-state index in [1.165, 1.54) is 238 Å². The van der Waals surface area contributed by atoms with E-state index in [1.54, 1.807) is 0 Å². The van der Waals surface area contributed by atoms with Gasteiger partial charge in [-0.25, -0.2) is 9.13 Å². The van der Waals surface area contributed by atoms with E-state index in [9.17, 15) is 43.2 Å². The molecular formula is C80H156O17P2. The molecule has 0 aliphatic heterocycles. The Morgan fingerprint density at radius 2 is 0.515 bits per heavy atom. The number of hydrogen-bond acceptors (Lipinski definition) is 15. The molecule has 0 aromatic carbocycles. The van der Waals surface area contributed by atoms with Gasteiger partial charge in [0.2, 0.25) is 0 Å². The fourth-order valence-electron chi connectivity index (χ4n) is 12.3. The van der Waals surface area contributed by atoms with Crippen LogP contribution in [0.25, 0.3) is 0 Å². The highest BCUT2D eigenvalue weighted by Crippen LogP contribution is 2.45. The van der Waals surface area contributed by atoms with E-state index >= 15 is 0 Å². The molecule has 0 amide bonds. The minimum Gasteiger partial charge on any atom is -0.462 e. The Morgan fingerprint density at radius 1 is 0.293 bits per heavy atom. The van der Waals surface area contributed by atoms with Crippen molar-refractivity contribution in [3.05, 3.63) is 0 Å². The largest absolute Gasteiger partial charge is 0.472 e. The van der Waals surface area contributed by atoms with Crippen molar-refractivity contribution in [2.24, 2.45) is 11.8 Å². The summed E-state index contributed by atoms with van der Waals surface area (Å²) < 4.78 is 68.6. The van der Waals surface area contributed by atoms with Gasteiger partial charge in [-0.3, -0.25) is 37.3 Å². The van der Waals surface area contributed by atoms with Crippen LogP contribution in [0.15, 0.2) is 0 Å². The van der Waals surface area contributed by atoms with Crippen LogP contribution in [0.4, 0.5) is 0 Å². The van der Waals surface area contributed by atoms with Crippen molar-refractivity contribution in [3.8, 4) is 0 Å². The third kappa shape index (κ3) is 72.8. The molecule has 0 spiro atoms. The lowest BCUT2D eigenvalue weighted by Crippen LogP contribution is -2.30. The topological polar surface area (TPSA) is 237 Å². The summed E-state index contributed by atoms with van der Waals surface area (Å²) in [6, 6.07) is 0. The standard InChI is InChI=1S/C80H156O17P2/c1-7-10-12-14-16-18-19-20-25-29-32-39-45-51-57-63-78(83)91-69-76(96-79(84)64-58-52-46-40-33-30-27-24-22-21-23-26-28-31-37-42-48-54-60-72(4)5)71-95-99(88,89)93-67-74(81)66-92-98(86,87)94-70-75(68-90-77(82)62-56-50-44-36-17-15-13-11-8-2)97-80(85)65-59-53-47-41-35-34-38-43-49-55-61-73(6)9-3/h72-76,81H,7-71H2,1-6H3,(H,86,87)(H,88,89)/t73?,74-,75+,76+/m0/s1. The van der Waals surface area contributed by atoms with Crippen LogP contribution in [0, 0.1) is 11.8 Å². The first-order valence-electron chi connectivity index (χ1n) is 41.5. The number of phosphoric ester groups is 2. The van der Waals surface area contributed by atoms with E-state index in [0.717, 1.165) is 102 Å². The number of esters is 4. The van der Waals surface area contributed by atoms with Crippen molar-refractivity contribution >= 4 is 39.5 Å². The normalized spacial score (nSPS) is 14.2. The lowest BCUT2D eigenvalue weighted by atomic mass is 9.99. The number of aliphatic hydroxyl groups is 1. The van der Waals surface area contributed by atoms with E-state index in [-0.39, 0.29) is 25.7 Å². The number of hydrogen-bond donors (Lipinski definition) is 3. The zero-order chi connectivity index (χ0) is 72.8. The molecule has 0 radical (unpaired) electrons. The van der Waals surface area contributed by atoms with Crippen molar-refractivity contribution in [2.45, 2.75) is 439 Å². The van der Waals surface area contributed by atoms with Crippen LogP contribution in [0.2, 0.25) is 0 Å². The maximum atomic E-state index is 13.1. The molecule has 17 nitrogen and oxygen atoms in total. The van der Waals surface area contributed by atoms with Crippen molar-refractivity contribution in [2.75, 3.05) is 39.6 Å². The molecule has 0 fully saturated rings. The maximum absolute atomic E-state index is 13.1. The van der Waals surface area contributed by atoms with E-state index in [4.69, 9.17) is 37.0 Å². The molecular weight excluding hydrogens is 1290 g/mol. The van der Waals surface area contributed by atoms with Gasteiger partial charge in [0, 0.05) is 25.7 Å². The Labute approximate surface area is 607 Å². The Morgan fingerprint density at radius 3 is 0.768 bits per heavy atom. The lowest BCUT2D eigenvalue weighted by Gasteiger charge is -2.21. The maximum Gasteiger partial charge on any atom is 0.472 e. The van der Waals surface area contributed by atoms with E-state index in [2.05, 4.69) is 41.5 Å². The molecule has 6 atom stereocenters. The fourth-order valence-corrected chi connectivity index (χ4v) is 13.9. The van der Waals surface area contributed by atoms with Crippen LogP contribution in [-0.4, -0.2) is 96.7 Å². The Kier molecular flexibility index (Phi) is 70.3. The fraction of sp³-hybridized carbons (Fsp3) is 0.950. The molecule has 0 aliphatic rings. The van der Waals surface area contributed by atoms with Crippen LogP contribution in [-0.2, 0) is 65.4 Å². The Balaban J connectivity index is 5.21. The van der Waals surface area contributed by atoms with Crippen LogP contribution in [0.5, 0.6) is 0 Å². The Hall–Kier alpha value is -1.94. The first kappa shape index (κ1) is 97.1. The summed E-state index contributed by atoms with van der Waals surface area (Å²) in [5.74, 6) is -0.487. The number of rotatable bonds is 79. The van der Waals surface area contributed by atoms with E-state index in [1.807, 2.05) is 0 Å². The minimum absolute atomic E-state index is 0.106. The van der Waals surface area contributed by atoms with E-state index < -0.39 is 97.5 Å². The molecule has 0 bridgehead atoms. The van der Waals surface area contributed by atoms with Gasteiger partial charge in [-0.1, -0.05) is 369 Å². The number of carbonyl (C=O) groups is 4. The molecule has 3 unspecified atom stereocenters. The molecule has 3 N–H and O–H groups in total. The third-order valence-corrected chi connectivity index (χ3v) is 21.0. The minimum atomic E-state index is -4.96. The second-order valence-corrected chi connectivity index (χ2v) is 32.4. The van der Waals surface area contributed by atoms with E-state index in [0.29, 0.717) is 25.7 Å². The van der Waals surface area contributed by atoms with Crippen molar-refractivity contribution in [3.63, 3.8) is 0 Å². The summed E-state index contributed by atoms with van der Waals surface area (Å²) in [7, 11) is -9.92. The molecule has 588 valence electrons. The SMILES string of the molecule is CCCCCCCCCCCCCCCCCC(=O)OC[C@H](COP(=O)(O)OC[C@@H](O)COP(=O)(O)OC[C@@H](COC(=O)CCCCCCCCCCC)OC(=O)CCCCCCCCCCCCC(C)CC)OC(=O)CCCCCCCCCCCCCCCCCCCCC(C)C. The van der Waals surface area contributed by atoms with Crippen LogP contribution in [0.1, 0.15) is 420 Å². The summed E-state index contributed by atoms with van der Waals surface area (Å²) in [5, 5.41) is 10.6. The van der Waals surface area contributed by atoms with Gasteiger partial charge < -0.3 is 33.8 Å². The highest BCUT2D eigenvalue weighted by atomic mass is 31.2. The Bertz CT molecular complexity index is 1910. The summed E-state index contributed by atoms with van der Waals surface area (Å²) in [4.78, 5) is 72.9. The average molecular weight is 1450 g/mol. The zero-order valence-electron chi connectivity index (χ0n) is 64.8. The third-order valence-electron chi connectivity index (χ3n) is 19.1. The summed E-state index contributed by atoms with van der Waals surface area (Å²) in [5.41, 5.74) is 0. The van der Waals surface area contributed by atoms with Crippen LogP contribution in [0.3, 0.4) is 0 Å². The number of phosphoric acid groups is 2. The second kappa shape index (κ2) is 71.7. The lowest BCUT2D eigenvalue weighted by molar-refractivity contribution is -0.161. The van der Waals surface area contributed by atoms with Gasteiger partial charge in [0.25, 0.3) is 0 Å². The molecule has 19 heteroatoms. The molecule has 0 aliphatic carbocycles. The number of carbonyl (C=O) groups excluding carboxylic acids is 4. The number of unbranched alkanes of at least 4 members (excludes halogenated alkanes) is 48. The second-order valence-electron chi connectivity index (χ2n) is 29.5. The predicted octanol–water partition coefficient (Wildman–Crippen LogP) is 23.9. The van der Waals surface area contributed by atoms with Crippen LogP contribution >= 0.6 is 15.6 Å². The van der Waals surface area contributed by atoms with Gasteiger partial charge in [0.15, 0.2) is 12.2 Å². The number of aliphatic hydroxyl groups excluding tert-OH is 1. The number of ether oxygens (including phenoxy) is 4. The molecule has 0 saturated carbocycles. The van der Waals surface area contributed by atoms with Gasteiger partial charge >= 0.3 is 39.5 Å².